The molecule has 2 nitrogen and oxygen atoms in total. The van der Waals surface area contributed by atoms with Crippen molar-refractivity contribution in [3.8, 4) is 0 Å². The molecule has 3 unspecified atom stereocenters. The van der Waals surface area contributed by atoms with Gasteiger partial charge in [0.05, 0.1) is 5.60 Å². The highest BCUT2D eigenvalue weighted by Crippen LogP contribution is 2.42. The molecular formula is C23H37NO. The van der Waals surface area contributed by atoms with Crippen molar-refractivity contribution in [3.05, 3.63) is 35.9 Å². The molecule has 1 N–H and O–H groups in total. The van der Waals surface area contributed by atoms with Crippen LogP contribution in [0.1, 0.15) is 83.6 Å². The van der Waals surface area contributed by atoms with Crippen LogP contribution in [0.5, 0.6) is 0 Å². The maximum absolute atomic E-state index is 11.8. The summed E-state index contributed by atoms with van der Waals surface area (Å²) in [6, 6.07) is 11.9. The van der Waals surface area contributed by atoms with Crippen LogP contribution in [-0.4, -0.2) is 28.6 Å². The highest BCUT2D eigenvalue weighted by atomic mass is 16.3. The van der Waals surface area contributed by atoms with Gasteiger partial charge in [0.2, 0.25) is 0 Å². The van der Waals surface area contributed by atoms with Gasteiger partial charge in [0.15, 0.2) is 0 Å². The number of nitrogens with zero attached hydrogens (tertiary/aromatic N) is 1. The topological polar surface area (TPSA) is 23.5 Å². The lowest BCUT2D eigenvalue weighted by Gasteiger charge is -2.42. The molecule has 1 saturated carbocycles. The molecule has 1 heterocycles. The summed E-state index contributed by atoms with van der Waals surface area (Å²) in [7, 11) is 0. The van der Waals surface area contributed by atoms with E-state index in [-0.39, 0.29) is 0 Å². The summed E-state index contributed by atoms with van der Waals surface area (Å²) in [4.78, 5) is 2.68. The second-order valence-electron chi connectivity index (χ2n) is 8.60. The molecular weight excluding hydrogens is 306 g/mol. The Labute approximate surface area is 154 Å². The number of aliphatic hydroxyl groups is 1. The Morgan fingerprint density at radius 3 is 2.20 bits per heavy atom. The molecule has 1 aromatic carbocycles. The van der Waals surface area contributed by atoms with Crippen LogP contribution in [0, 0.1) is 5.92 Å². The van der Waals surface area contributed by atoms with Gasteiger partial charge in [-0.15, -0.1) is 0 Å². The van der Waals surface area contributed by atoms with Gasteiger partial charge >= 0.3 is 0 Å². The van der Waals surface area contributed by atoms with E-state index >= 15 is 0 Å². The van der Waals surface area contributed by atoms with Crippen LogP contribution < -0.4 is 0 Å². The smallest absolute Gasteiger partial charge is 0.0925 e. The molecule has 1 aliphatic heterocycles. The first kappa shape index (κ1) is 18.9. The van der Waals surface area contributed by atoms with Crippen LogP contribution in [0.25, 0.3) is 0 Å². The van der Waals surface area contributed by atoms with E-state index in [4.69, 9.17) is 0 Å². The summed E-state index contributed by atoms with van der Waals surface area (Å²) >= 11 is 0. The third-order valence-corrected chi connectivity index (χ3v) is 6.90. The summed E-state index contributed by atoms with van der Waals surface area (Å²) in [5.74, 6) is 0.430. The van der Waals surface area contributed by atoms with Crippen molar-refractivity contribution in [3.63, 3.8) is 0 Å². The van der Waals surface area contributed by atoms with Gasteiger partial charge in [-0.05, 0) is 70.4 Å². The molecule has 0 radical (unpaired) electrons. The fourth-order valence-electron chi connectivity index (χ4n) is 5.34. The number of piperidine rings is 1. The van der Waals surface area contributed by atoms with Crippen LogP contribution in [-0.2, 0) is 5.60 Å². The van der Waals surface area contributed by atoms with Crippen LogP contribution in [0.2, 0.25) is 0 Å². The third kappa shape index (κ3) is 4.46. The van der Waals surface area contributed by atoms with E-state index in [0.29, 0.717) is 18.0 Å². The van der Waals surface area contributed by atoms with Gasteiger partial charge in [0, 0.05) is 12.1 Å². The van der Waals surface area contributed by atoms with E-state index in [2.05, 4.69) is 49.1 Å². The quantitative estimate of drug-likeness (QED) is 0.737. The first-order valence-electron chi connectivity index (χ1n) is 10.6. The first-order valence-corrected chi connectivity index (χ1v) is 10.6. The molecule has 1 aliphatic carbocycles. The van der Waals surface area contributed by atoms with Crippen LogP contribution >= 0.6 is 0 Å². The van der Waals surface area contributed by atoms with Gasteiger partial charge in [-0.2, -0.15) is 0 Å². The second-order valence-corrected chi connectivity index (χ2v) is 8.60. The number of rotatable bonds is 6. The van der Waals surface area contributed by atoms with Crippen LogP contribution in [0.4, 0.5) is 0 Å². The van der Waals surface area contributed by atoms with E-state index in [1.807, 2.05) is 0 Å². The average Bonchev–Trinajstić information content (AvgIpc) is 2.65. The lowest BCUT2D eigenvalue weighted by Crippen LogP contribution is -2.45. The molecule has 2 fully saturated rings. The maximum atomic E-state index is 11.8. The molecule has 3 rings (SSSR count). The highest BCUT2D eigenvalue weighted by molar-refractivity contribution is 5.23. The SMILES string of the molecule is CC1CCCC(C)N1CCCC(O)(c1ccccc1)C1CCCCC1. The van der Waals surface area contributed by atoms with Crippen molar-refractivity contribution >= 4 is 0 Å². The summed E-state index contributed by atoms with van der Waals surface area (Å²) < 4.78 is 0. The van der Waals surface area contributed by atoms with Crippen molar-refractivity contribution in [2.24, 2.45) is 5.92 Å². The van der Waals surface area contributed by atoms with E-state index in [0.717, 1.165) is 24.9 Å². The molecule has 2 aliphatic rings. The molecule has 0 aromatic heterocycles. The molecule has 25 heavy (non-hydrogen) atoms. The van der Waals surface area contributed by atoms with E-state index in [9.17, 15) is 5.11 Å². The molecule has 1 aromatic rings. The Kier molecular flexibility index (Phi) is 6.57. The molecule has 140 valence electrons. The first-order chi connectivity index (χ1) is 12.1. The Morgan fingerprint density at radius 2 is 1.56 bits per heavy atom. The zero-order valence-electron chi connectivity index (χ0n) is 16.3. The zero-order valence-corrected chi connectivity index (χ0v) is 16.3. The Bertz CT molecular complexity index is 500. The predicted octanol–water partition coefficient (Wildman–Crippen LogP) is 5.50. The van der Waals surface area contributed by atoms with Gasteiger partial charge in [-0.25, -0.2) is 0 Å². The fraction of sp³-hybridized carbons (Fsp3) is 0.739. The molecule has 3 atom stereocenters. The normalized spacial score (nSPS) is 28.6. The Hall–Kier alpha value is -0.860. The van der Waals surface area contributed by atoms with Crippen molar-refractivity contribution in [1.82, 2.24) is 4.90 Å². The van der Waals surface area contributed by atoms with Crippen LogP contribution in [0.3, 0.4) is 0 Å². The monoisotopic (exact) mass is 343 g/mol. The summed E-state index contributed by atoms with van der Waals surface area (Å²) in [6.07, 6.45) is 12.3. The fourth-order valence-corrected chi connectivity index (χ4v) is 5.34. The van der Waals surface area contributed by atoms with E-state index in [1.165, 1.54) is 51.4 Å². The number of hydrogen-bond donors (Lipinski definition) is 1. The minimum atomic E-state index is -0.635. The Morgan fingerprint density at radius 1 is 0.920 bits per heavy atom. The molecule has 2 heteroatoms. The van der Waals surface area contributed by atoms with Gasteiger partial charge in [-0.1, -0.05) is 56.0 Å². The maximum Gasteiger partial charge on any atom is 0.0925 e. The minimum Gasteiger partial charge on any atom is -0.385 e. The van der Waals surface area contributed by atoms with Crippen LogP contribution in [0.15, 0.2) is 30.3 Å². The van der Waals surface area contributed by atoms with Gasteiger partial charge < -0.3 is 5.11 Å². The predicted molar refractivity (Wildman–Crippen MR) is 106 cm³/mol. The number of benzene rings is 1. The molecule has 0 spiro atoms. The standard InChI is InChI=1S/C23H37NO/c1-19-11-9-12-20(2)24(19)18-10-17-23(25,21-13-5-3-6-14-21)22-15-7-4-8-16-22/h3,5-6,13-14,19-20,22,25H,4,7-12,15-18H2,1-2H3. The summed E-state index contributed by atoms with van der Waals surface area (Å²) in [5, 5.41) is 11.8. The van der Waals surface area contributed by atoms with Gasteiger partial charge in [0.1, 0.15) is 0 Å². The molecule has 0 bridgehead atoms. The van der Waals surface area contributed by atoms with Crippen molar-refractivity contribution in [2.75, 3.05) is 6.54 Å². The number of likely N-dealkylation sites (tertiary alicyclic amines) is 1. The van der Waals surface area contributed by atoms with E-state index < -0.39 is 5.60 Å². The zero-order chi connectivity index (χ0) is 17.7. The van der Waals surface area contributed by atoms with Crippen molar-refractivity contribution in [2.45, 2.75) is 95.7 Å². The lowest BCUT2D eigenvalue weighted by atomic mass is 9.71. The summed E-state index contributed by atoms with van der Waals surface area (Å²) in [6.45, 7) is 5.88. The number of hydrogen-bond acceptors (Lipinski definition) is 2. The van der Waals surface area contributed by atoms with Crippen molar-refractivity contribution in [1.29, 1.82) is 0 Å². The average molecular weight is 344 g/mol. The van der Waals surface area contributed by atoms with Gasteiger partial charge in [-0.3, -0.25) is 4.90 Å². The van der Waals surface area contributed by atoms with Gasteiger partial charge in [0.25, 0.3) is 0 Å². The second kappa shape index (κ2) is 8.68. The summed E-state index contributed by atoms with van der Waals surface area (Å²) in [5.41, 5.74) is 0.505. The third-order valence-electron chi connectivity index (χ3n) is 6.90. The van der Waals surface area contributed by atoms with E-state index in [1.54, 1.807) is 0 Å². The largest absolute Gasteiger partial charge is 0.385 e. The Balaban J connectivity index is 1.67. The minimum absolute atomic E-state index is 0.430. The van der Waals surface area contributed by atoms with Crippen molar-refractivity contribution < 1.29 is 5.11 Å². The molecule has 0 amide bonds. The molecule has 1 saturated heterocycles. The highest BCUT2D eigenvalue weighted by Gasteiger charge is 2.38. The lowest BCUT2D eigenvalue weighted by molar-refractivity contribution is -0.0508.